The van der Waals surface area contributed by atoms with E-state index in [4.69, 9.17) is 0 Å². The van der Waals surface area contributed by atoms with E-state index < -0.39 is 0 Å². The Labute approximate surface area is 211 Å². The highest BCUT2D eigenvalue weighted by molar-refractivity contribution is 7.48. The van der Waals surface area contributed by atoms with Crippen molar-refractivity contribution in [3.63, 3.8) is 0 Å². The largest absolute Gasteiger partial charge is 0.507 e. The fourth-order valence-corrected chi connectivity index (χ4v) is 6.47. The van der Waals surface area contributed by atoms with Crippen LogP contribution in [0.1, 0.15) is 115 Å². The number of phenolic OH excluding ortho intramolecular Hbond substituents is 1. The number of hydrogen-bond acceptors (Lipinski definition) is 2. The lowest BCUT2D eigenvalue weighted by Crippen LogP contribution is -2.27. The lowest BCUT2D eigenvalue weighted by atomic mass is 9.76. The van der Waals surface area contributed by atoms with Gasteiger partial charge < -0.3 is 5.11 Å². The normalized spacial score (nSPS) is 14.9. The summed E-state index contributed by atoms with van der Waals surface area (Å²) in [5, 5.41) is 13.0. The van der Waals surface area contributed by atoms with Crippen molar-refractivity contribution in [3.8, 4) is 5.75 Å². The van der Waals surface area contributed by atoms with Crippen molar-refractivity contribution in [1.82, 2.24) is 0 Å². The zero-order chi connectivity index (χ0) is 25.7. The van der Waals surface area contributed by atoms with E-state index in [1.54, 1.807) is 0 Å². The van der Waals surface area contributed by atoms with Gasteiger partial charge >= 0.3 is 0 Å². The predicted octanol–water partition coefficient (Wildman–Crippen LogP) is 8.53. The van der Waals surface area contributed by atoms with Gasteiger partial charge in [0.25, 0.3) is 0 Å². The molecule has 2 aromatic carbocycles. The third kappa shape index (κ3) is 6.72. The van der Waals surface area contributed by atoms with Crippen LogP contribution in [0.25, 0.3) is 0 Å². The van der Waals surface area contributed by atoms with Gasteiger partial charge in [-0.1, -0.05) is 113 Å². The first-order chi connectivity index (χ1) is 15.8. The summed E-state index contributed by atoms with van der Waals surface area (Å²) in [4.78, 5) is 4.35. The molecule has 0 saturated carbocycles. The van der Waals surface area contributed by atoms with Crippen LogP contribution in [0, 0.1) is 6.92 Å². The molecule has 0 fully saturated rings. The molecule has 0 aliphatic heterocycles. The number of nitrogens with zero attached hydrogens (tertiary/aromatic N) is 1. The van der Waals surface area contributed by atoms with Gasteiger partial charge in [-0.15, -0.1) is 0 Å². The highest BCUT2D eigenvalue weighted by Gasteiger charge is 2.37. The van der Waals surface area contributed by atoms with E-state index in [-0.39, 0.29) is 16.0 Å². The molecule has 0 radical (unpaired) electrons. The second-order valence-electron chi connectivity index (χ2n) is 11.9. The Balaban J connectivity index is 2.83. The lowest BCUT2D eigenvalue weighted by molar-refractivity contribution is 0.415. The van der Waals surface area contributed by atoms with Gasteiger partial charge in [0.05, 0.1) is 0 Å². The minimum absolute atomic E-state index is 0.0123. The standard InChI is InChI=1S/C31H48NOP/c1-11-13-14-17-31(12-2,34-27-16-15-22(3)18-23(27)21-32-10)26-20-24(29(4,5)6)19-25(28(26)33)30(7,8)9/h15-16,18-21,33-34H,11-14,17H2,1-10H3. The Morgan fingerprint density at radius 3 is 2.09 bits per heavy atom. The molecule has 2 aromatic rings. The summed E-state index contributed by atoms with van der Waals surface area (Å²) >= 11 is 0. The number of benzene rings is 2. The van der Waals surface area contributed by atoms with E-state index in [1.807, 2.05) is 13.3 Å². The van der Waals surface area contributed by atoms with Gasteiger partial charge in [0.1, 0.15) is 5.75 Å². The Morgan fingerprint density at radius 2 is 1.56 bits per heavy atom. The van der Waals surface area contributed by atoms with E-state index in [0.29, 0.717) is 14.3 Å². The van der Waals surface area contributed by atoms with Crippen LogP contribution in [0.4, 0.5) is 0 Å². The molecule has 0 aromatic heterocycles. The van der Waals surface area contributed by atoms with Crippen molar-refractivity contribution in [3.05, 3.63) is 58.1 Å². The fraction of sp³-hybridized carbons (Fsp3) is 0.581. The first-order valence-electron chi connectivity index (χ1n) is 13.0. The highest BCUT2D eigenvalue weighted by Crippen LogP contribution is 2.53. The molecule has 0 spiro atoms. The van der Waals surface area contributed by atoms with Crippen LogP contribution in [0.5, 0.6) is 5.75 Å². The van der Waals surface area contributed by atoms with E-state index in [1.165, 1.54) is 41.3 Å². The van der Waals surface area contributed by atoms with Crippen LogP contribution >= 0.6 is 8.58 Å². The van der Waals surface area contributed by atoms with Crippen LogP contribution in [-0.4, -0.2) is 18.4 Å². The maximum Gasteiger partial charge on any atom is 0.123 e. The van der Waals surface area contributed by atoms with E-state index in [2.05, 4.69) is 97.6 Å². The van der Waals surface area contributed by atoms with Gasteiger partial charge in [-0.05, 0) is 58.7 Å². The Morgan fingerprint density at radius 1 is 0.912 bits per heavy atom. The number of unbranched alkanes of at least 4 members (excludes halogenated alkanes) is 2. The van der Waals surface area contributed by atoms with E-state index >= 15 is 0 Å². The van der Waals surface area contributed by atoms with Crippen molar-refractivity contribution < 1.29 is 5.11 Å². The molecule has 2 rings (SSSR count). The molecule has 2 unspecified atom stereocenters. The summed E-state index contributed by atoms with van der Waals surface area (Å²) in [5.41, 5.74) is 5.85. The number of aliphatic imine (C=N–C) groups is 1. The molecule has 0 bridgehead atoms. The van der Waals surface area contributed by atoms with Gasteiger partial charge in [-0.3, -0.25) is 4.99 Å². The molecule has 0 aliphatic rings. The summed E-state index contributed by atoms with van der Waals surface area (Å²) in [5.74, 6) is 0.504. The number of hydrogen-bond donors (Lipinski definition) is 1. The summed E-state index contributed by atoms with van der Waals surface area (Å²) in [7, 11) is 2.41. The third-order valence-corrected chi connectivity index (χ3v) is 9.04. The van der Waals surface area contributed by atoms with Gasteiger partial charge in [-0.2, -0.15) is 0 Å². The summed E-state index contributed by atoms with van der Waals surface area (Å²) in [6, 6.07) is 11.3. The average Bonchev–Trinajstić information content (AvgIpc) is 2.73. The molecule has 2 atom stereocenters. The topological polar surface area (TPSA) is 32.6 Å². The average molecular weight is 482 g/mol. The molecular weight excluding hydrogens is 433 g/mol. The molecule has 3 heteroatoms. The summed E-state index contributed by atoms with van der Waals surface area (Å²) in [6.07, 6.45) is 7.66. The second-order valence-corrected chi connectivity index (χ2v) is 13.7. The monoisotopic (exact) mass is 481 g/mol. The Hall–Kier alpha value is -1.66. The molecule has 188 valence electrons. The minimum atomic E-state index is -0.129. The smallest absolute Gasteiger partial charge is 0.123 e. The van der Waals surface area contributed by atoms with Crippen molar-refractivity contribution in [2.45, 2.75) is 110 Å². The number of rotatable bonds is 9. The Kier molecular flexibility index (Phi) is 9.57. The number of phenols is 1. The molecule has 34 heavy (non-hydrogen) atoms. The quantitative estimate of drug-likeness (QED) is 0.217. The molecule has 0 amide bonds. The SMILES string of the molecule is CCCCCC(CC)(Pc1ccc(C)cc1C=NC)c1cc(C(C)(C)C)cc(C(C)(C)C)c1O. The van der Waals surface area contributed by atoms with Crippen molar-refractivity contribution in [1.29, 1.82) is 0 Å². The van der Waals surface area contributed by atoms with Crippen LogP contribution < -0.4 is 5.30 Å². The molecule has 0 heterocycles. The van der Waals surface area contributed by atoms with Gasteiger partial charge in [0, 0.05) is 24.0 Å². The Bertz CT molecular complexity index is 994. The van der Waals surface area contributed by atoms with Crippen LogP contribution in [0.15, 0.2) is 35.3 Å². The number of aryl methyl sites for hydroxylation is 1. The zero-order valence-corrected chi connectivity index (χ0v) is 24.4. The second kappa shape index (κ2) is 11.4. The van der Waals surface area contributed by atoms with Gasteiger partial charge in [-0.25, -0.2) is 0 Å². The van der Waals surface area contributed by atoms with Crippen molar-refractivity contribution in [2.24, 2.45) is 4.99 Å². The zero-order valence-electron chi connectivity index (χ0n) is 23.4. The van der Waals surface area contributed by atoms with Crippen LogP contribution in [0.2, 0.25) is 0 Å². The highest BCUT2D eigenvalue weighted by atomic mass is 31.1. The predicted molar refractivity (Wildman–Crippen MR) is 154 cm³/mol. The van der Waals surface area contributed by atoms with Gasteiger partial charge in [0.15, 0.2) is 0 Å². The fourth-order valence-electron chi connectivity index (χ4n) is 4.70. The molecule has 2 nitrogen and oxygen atoms in total. The molecule has 0 aliphatic carbocycles. The van der Waals surface area contributed by atoms with E-state index in [0.717, 1.165) is 24.0 Å². The van der Waals surface area contributed by atoms with Gasteiger partial charge in [0.2, 0.25) is 0 Å². The maximum atomic E-state index is 11.8. The molecule has 0 saturated heterocycles. The summed E-state index contributed by atoms with van der Waals surface area (Å²) < 4.78 is 0. The van der Waals surface area contributed by atoms with Crippen molar-refractivity contribution in [2.75, 3.05) is 7.05 Å². The molecule has 1 N–H and O–H groups in total. The third-order valence-electron chi connectivity index (χ3n) is 6.96. The minimum Gasteiger partial charge on any atom is -0.507 e. The lowest BCUT2D eigenvalue weighted by Gasteiger charge is -2.38. The van der Waals surface area contributed by atoms with Crippen LogP contribution in [-0.2, 0) is 16.0 Å². The van der Waals surface area contributed by atoms with Crippen molar-refractivity contribution >= 4 is 20.1 Å². The summed E-state index contributed by atoms with van der Waals surface area (Å²) in [6.45, 7) is 20.2. The first kappa shape index (κ1) is 28.6. The van der Waals surface area contributed by atoms with E-state index in [9.17, 15) is 5.11 Å². The molecular formula is C31H48NOP. The number of aromatic hydroxyl groups is 1. The first-order valence-corrected chi connectivity index (χ1v) is 14.0. The maximum absolute atomic E-state index is 11.8. The van der Waals surface area contributed by atoms with Crippen LogP contribution in [0.3, 0.4) is 0 Å².